The summed E-state index contributed by atoms with van der Waals surface area (Å²) in [5.74, 6) is -0.200. The van der Waals surface area contributed by atoms with Crippen molar-refractivity contribution in [2.75, 3.05) is 12.8 Å². The smallest absolute Gasteiger partial charge is 0.180 e. The van der Waals surface area contributed by atoms with E-state index in [9.17, 15) is 4.39 Å². The number of benzene rings is 1. The van der Waals surface area contributed by atoms with Crippen LogP contribution in [0.4, 0.5) is 9.52 Å². The monoisotopic (exact) mass is 251 g/mol. The van der Waals surface area contributed by atoms with Crippen LogP contribution in [0.3, 0.4) is 0 Å². The fourth-order valence-corrected chi connectivity index (χ4v) is 2.23. The van der Waals surface area contributed by atoms with Crippen molar-refractivity contribution in [1.82, 2.24) is 9.88 Å². The number of anilines is 1. The van der Waals surface area contributed by atoms with Crippen molar-refractivity contribution < 1.29 is 4.39 Å². The molecule has 90 valence electrons. The second-order valence-corrected chi connectivity index (χ2v) is 4.87. The van der Waals surface area contributed by atoms with E-state index in [0.29, 0.717) is 18.2 Å². The van der Waals surface area contributed by atoms with Gasteiger partial charge in [0.05, 0.1) is 5.69 Å². The van der Waals surface area contributed by atoms with E-state index in [2.05, 4.69) is 9.88 Å². The highest BCUT2D eigenvalue weighted by molar-refractivity contribution is 7.13. The maximum Gasteiger partial charge on any atom is 0.180 e. The normalized spacial score (nSPS) is 11.0. The van der Waals surface area contributed by atoms with Crippen molar-refractivity contribution in [3.8, 4) is 0 Å². The van der Waals surface area contributed by atoms with E-state index < -0.39 is 0 Å². The molecule has 0 radical (unpaired) electrons. The minimum atomic E-state index is -0.200. The Morgan fingerprint density at radius 2 is 2.24 bits per heavy atom. The Bertz CT molecular complexity index is 498. The minimum Gasteiger partial charge on any atom is -0.375 e. The second kappa shape index (κ2) is 5.25. The summed E-state index contributed by atoms with van der Waals surface area (Å²) in [6.45, 7) is 1.40. The molecule has 0 aliphatic carbocycles. The molecule has 1 heterocycles. The number of nitrogen functional groups attached to an aromatic ring is 1. The van der Waals surface area contributed by atoms with E-state index >= 15 is 0 Å². The zero-order valence-corrected chi connectivity index (χ0v) is 10.4. The third-order valence-electron chi connectivity index (χ3n) is 2.34. The van der Waals surface area contributed by atoms with Crippen molar-refractivity contribution in [2.24, 2.45) is 0 Å². The van der Waals surface area contributed by atoms with Crippen molar-refractivity contribution in [1.29, 1.82) is 0 Å². The number of nitrogens with zero attached hydrogens (tertiary/aromatic N) is 2. The molecule has 0 saturated heterocycles. The standard InChI is InChI=1S/C12H14FN3S/c1-16(7-11-8-17-12(14)15-11)6-9-3-2-4-10(13)5-9/h2-5,8H,6-7H2,1H3,(H2,14,15). The van der Waals surface area contributed by atoms with E-state index in [1.807, 2.05) is 18.5 Å². The van der Waals surface area contributed by atoms with Crippen molar-refractivity contribution in [2.45, 2.75) is 13.1 Å². The predicted octanol–water partition coefficient (Wildman–Crippen LogP) is 2.50. The number of hydrogen-bond acceptors (Lipinski definition) is 4. The molecule has 2 rings (SSSR count). The van der Waals surface area contributed by atoms with Gasteiger partial charge in [-0.25, -0.2) is 9.37 Å². The zero-order chi connectivity index (χ0) is 12.3. The maximum absolute atomic E-state index is 13.0. The minimum absolute atomic E-state index is 0.200. The second-order valence-electron chi connectivity index (χ2n) is 3.98. The van der Waals surface area contributed by atoms with Crippen molar-refractivity contribution in [3.63, 3.8) is 0 Å². The Labute approximate surface area is 104 Å². The summed E-state index contributed by atoms with van der Waals surface area (Å²) in [5, 5.41) is 2.52. The van der Waals surface area contributed by atoms with Crippen LogP contribution >= 0.6 is 11.3 Å². The number of thiazole rings is 1. The highest BCUT2D eigenvalue weighted by Crippen LogP contribution is 2.14. The van der Waals surface area contributed by atoms with E-state index in [0.717, 1.165) is 11.3 Å². The van der Waals surface area contributed by atoms with Crippen LogP contribution in [0.5, 0.6) is 0 Å². The van der Waals surface area contributed by atoms with E-state index in [1.165, 1.54) is 17.4 Å². The largest absolute Gasteiger partial charge is 0.375 e. The van der Waals surface area contributed by atoms with Crippen LogP contribution in [0.2, 0.25) is 0 Å². The molecule has 0 amide bonds. The Hall–Kier alpha value is -1.46. The van der Waals surface area contributed by atoms with Crippen LogP contribution in [-0.4, -0.2) is 16.9 Å². The molecule has 17 heavy (non-hydrogen) atoms. The first-order chi connectivity index (χ1) is 8.13. The summed E-state index contributed by atoms with van der Waals surface area (Å²) in [4.78, 5) is 6.26. The zero-order valence-electron chi connectivity index (χ0n) is 9.56. The summed E-state index contributed by atoms with van der Waals surface area (Å²) in [5.41, 5.74) is 7.47. The highest BCUT2D eigenvalue weighted by Gasteiger charge is 2.05. The molecule has 3 nitrogen and oxygen atoms in total. The Balaban J connectivity index is 1.95. The molecule has 2 N–H and O–H groups in total. The van der Waals surface area contributed by atoms with E-state index in [1.54, 1.807) is 12.1 Å². The number of halogens is 1. The number of nitrogens with two attached hydrogens (primary N) is 1. The molecule has 1 aromatic heterocycles. The SMILES string of the molecule is CN(Cc1cccc(F)c1)Cc1csc(N)n1. The van der Waals surface area contributed by atoms with Gasteiger partial charge >= 0.3 is 0 Å². The lowest BCUT2D eigenvalue weighted by molar-refractivity contribution is 0.315. The lowest BCUT2D eigenvalue weighted by Gasteiger charge is -2.15. The quantitative estimate of drug-likeness (QED) is 0.907. The summed E-state index contributed by atoms with van der Waals surface area (Å²) < 4.78 is 13.0. The van der Waals surface area contributed by atoms with E-state index in [-0.39, 0.29) is 5.82 Å². The predicted molar refractivity (Wildman–Crippen MR) is 68.1 cm³/mol. The van der Waals surface area contributed by atoms with Gasteiger partial charge in [-0.1, -0.05) is 12.1 Å². The van der Waals surface area contributed by atoms with Crippen LogP contribution in [0, 0.1) is 5.82 Å². The fraction of sp³-hybridized carbons (Fsp3) is 0.250. The molecule has 0 fully saturated rings. The number of aromatic nitrogens is 1. The molecular formula is C12H14FN3S. The first kappa shape index (κ1) is 12.0. The van der Waals surface area contributed by atoms with Gasteiger partial charge in [0, 0.05) is 18.5 Å². The van der Waals surface area contributed by atoms with Gasteiger partial charge in [-0.15, -0.1) is 11.3 Å². The van der Waals surface area contributed by atoms with E-state index in [4.69, 9.17) is 5.73 Å². The molecule has 2 aromatic rings. The van der Waals surface area contributed by atoms with Crippen LogP contribution in [0.1, 0.15) is 11.3 Å². The highest BCUT2D eigenvalue weighted by atomic mass is 32.1. The molecule has 0 bridgehead atoms. The summed E-state index contributed by atoms with van der Waals surface area (Å²) in [6.07, 6.45) is 0. The van der Waals surface area contributed by atoms with Gasteiger partial charge in [0.2, 0.25) is 0 Å². The third kappa shape index (κ3) is 3.51. The van der Waals surface area contributed by atoms with Crippen LogP contribution in [-0.2, 0) is 13.1 Å². The van der Waals surface area contributed by atoms with Crippen LogP contribution in [0.25, 0.3) is 0 Å². The summed E-state index contributed by atoms with van der Waals surface area (Å²) in [6, 6.07) is 6.63. The summed E-state index contributed by atoms with van der Waals surface area (Å²) >= 11 is 1.44. The molecular weight excluding hydrogens is 237 g/mol. The average molecular weight is 251 g/mol. The third-order valence-corrected chi connectivity index (χ3v) is 3.07. The molecule has 1 aromatic carbocycles. The van der Waals surface area contributed by atoms with Gasteiger partial charge in [0.15, 0.2) is 5.13 Å². The van der Waals surface area contributed by atoms with Gasteiger partial charge in [0.1, 0.15) is 5.82 Å². The lowest BCUT2D eigenvalue weighted by atomic mass is 10.2. The number of rotatable bonds is 4. The van der Waals surface area contributed by atoms with Gasteiger partial charge in [-0.05, 0) is 24.7 Å². The molecule has 0 aliphatic rings. The van der Waals surface area contributed by atoms with Crippen LogP contribution in [0.15, 0.2) is 29.6 Å². The van der Waals surface area contributed by atoms with Crippen molar-refractivity contribution in [3.05, 3.63) is 46.7 Å². The molecule has 0 spiro atoms. The molecule has 0 atom stereocenters. The van der Waals surface area contributed by atoms with Crippen molar-refractivity contribution >= 4 is 16.5 Å². The van der Waals surface area contributed by atoms with Gasteiger partial charge in [-0.3, -0.25) is 4.90 Å². The van der Waals surface area contributed by atoms with Gasteiger partial charge in [0.25, 0.3) is 0 Å². The first-order valence-electron chi connectivity index (χ1n) is 5.26. The summed E-state index contributed by atoms with van der Waals surface area (Å²) in [7, 11) is 1.97. The van der Waals surface area contributed by atoms with Crippen LogP contribution < -0.4 is 5.73 Å². The lowest BCUT2D eigenvalue weighted by Crippen LogP contribution is -2.17. The Morgan fingerprint density at radius 1 is 1.41 bits per heavy atom. The topological polar surface area (TPSA) is 42.1 Å². The molecule has 0 saturated carbocycles. The molecule has 0 aliphatic heterocycles. The average Bonchev–Trinajstić information content (AvgIpc) is 2.63. The number of hydrogen-bond donors (Lipinski definition) is 1. The maximum atomic E-state index is 13.0. The Kier molecular flexibility index (Phi) is 3.71. The fourth-order valence-electron chi connectivity index (χ4n) is 1.67. The molecule has 5 heteroatoms. The molecule has 0 unspecified atom stereocenters. The Morgan fingerprint density at radius 3 is 2.88 bits per heavy atom. The van der Waals surface area contributed by atoms with Gasteiger partial charge < -0.3 is 5.73 Å². The first-order valence-corrected chi connectivity index (χ1v) is 6.14. The van der Waals surface area contributed by atoms with Gasteiger partial charge in [-0.2, -0.15) is 0 Å².